The van der Waals surface area contributed by atoms with E-state index >= 15 is 0 Å². The maximum absolute atomic E-state index is 11.2. The van der Waals surface area contributed by atoms with E-state index in [1.54, 1.807) is 25.2 Å². The van der Waals surface area contributed by atoms with Crippen LogP contribution >= 0.6 is 23.2 Å². The van der Waals surface area contributed by atoms with Crippen molar-refractivity contribution in [3.05, 3.63) is 49.6 Å². The number of hydrogen-bond acceptors (Lipinski definition) is 4. The van der Waals surface area contributed by atoms with Crippen molar-refractivity contribution in [2.24, 2.45) is 7.05 Å². The molecule has 8 heteroatoms. The first-order chi connectivity index (χ1) is 9.93. The number of nitrogens with zero attached hydrogens (tertiary/aromatic N) is 3. The van der Waals surface area contributed by atoms with Gasteiger partial charge >= 0.3 is 5.69 Å². The molecule has 2 rings (SSSR count). The van der Waals surface area contributed by atoms with E-state index in [0.717, 1.165) is 5.56 Å². The number of aromatic nitrogens is 2. The number of aryl methyl sites for hydroxylation is 2. The lowest BCUT2D eigenvalue weighted by Gasteiger charge is -2.08. The molecule has 0 aliphatic rings. The van der Waals surface area contributed by atoms with E-state index in [-0.39, 0.29) is 5.69 Å². The van der Waals surface area contributed by atoms with Gasteiger partial charge in [-0.2, -0.15) is 5.10 Å². The summed E-state index contributed by atoms with van der Waals surface area (Å²) in [5.74, 6) is 0.364. The van der Waals surface area contributed by atoms with Gasteiger partial charge in [0.15, 0.2) is 0 Å². The van der Waals surface area contributed by atoms with Crippen LogP contribution in [0, 0.1) is 10.1 Å². The van der Waals surface area contributed by atoms with Crippen LogP contribution in [0.5, 0.6) is 0 Å². The number of rotatable bonds is 5. The maximum Gasteiger partial charge on any atom is 0.333 e. The smallest absolute Gasteiger partial charge is 0.333 e. The summed E-state index contributed by atoms with van der Waals surface area (Å²) in [6.45, 7) is 2.18. The van der Waals surface area contributed by atoms with Crippen molar-refractivity contribution < 1.29 is 4.92 Å². The van der Waals surface area contributed by atoms with E-state index in [2.05, 4.69) is 10.4 Å². The van der Waals surface area contributed by atoms with Gasteiger partial charge in [-0.3, -0.25) is 10.1 Å². The molecule has 1 aromatic carbocycles. The molecule has 0 spiro atoms. The zero-order valence-electron chi connectivity index (χ0n) is 11.6. The van der Waals surface area contributed by atoms with Gasteiger partial charge in [-0.05, 0) is 24.1 Å². The Morgan fingerprint density at radius 1 is 1.43 bits per heavy atom. The molecule has 0 saturated carbocycles. The highest BCUT2D eigenvalue weighted by Gasteiger charge is 2.25. The molecule has 21 heavy (non-hydrogen) atoms. The predicted octanol–water partition coefficient (Wildman–Crippen LogP) is 3.81. The third-order valence-corrected chi connectivity index (χ3v) is 3.66. The first-order valence-corrected chi connectivity index (χ1v) is 7.07. The van der Waals surface area contributed by atoms with Crippen LogP contribution in [0.15, 0.2) is 18.2 Å². The van der Waals surface area contributed by atoms with Gasteiger partial charge < -0.3 is 5.32 Å². The molecule has 0 saturated heterocycles. The fourth-order valence-corrected chi connectivity index (χ4v) is 2.52. The van der Waals surface area contributed by atoms with Gasteiger partial charge in [0.05, 0.1) is 4.92 Å². The summed E-state index contributed by atoms with van der Waals surface area (Å²) in [5.41, 5.74) is 1.26. The summed E-state index contributed by atoms with van der Waals surface area (Å²) in [4.78, 5) is 10.8. The zero-order valence-corrected chi connectivity index (χ0v) is 13.1. The van der Waals surface area contributed by atoms with Crippen molar-refractivity contribution in [3.8, 4) is 0 Å². The molecular formula is C13H14Cl2N4O2. The standard InChI is InChI=1S/C13H14Cl2N4O2/c1-3-11-12(19(20)21)13(18(2)17-11)16-7-8-4-5-9(14)6-10(8)15/h4-6,16H,3,7H2,1-2H3. The summed E-state index contributed by atoms with van der Waals surface area (Å²) >= 11 is 11.9. The Hall–Kier alpha value is -1.79. The Balaban J connectivity index is 2.27. The van der Waals surface area contributed by atoms with E-state index in [1.165, 1.54) is 4.68 Å². The first kappa shape index (κ1) is 15.6. The zero-order chi connectivity index (χ0) is 15.6. The second kappa shape index (κ2) is 6.32. The lowest BCUT2D eigenvalue weighted by atomic mass is 10.2. The second-order valence-corrected chi connectivity index (χ2v) is 5.31. The van der Waals surface area contributed by atoms with Crippen LogP contribution < -0.4 is 5.32 Å². The predicted molar refractivity (Wildman–Crippen MR) is 83.0 cm³/mol. The molecule has 6 nitrogen and oxygen atoms in total. The highest BCUT2D eigenvalue weighted by atomic mass is 35.5. The molecule has 0 atom stereocenters. The minimum absolute atomic E-state index is 0.00471. The highest BCUT2D eigenvalue weighted by molar-refractivity contribution is 6.35. The summed E-state index contributed by atoms with van der Waals surface area (Å²) in [6, 6.07) is 5.13. The summed E-state index contributed by atoms with van der Waals surface area (Å²) in [6.07, 6.45) is 0.494. The molecule has 1 heterocycles. The van der Waals surface area contributed by atoms with Gasteiger partial charge in [-0.15, -0.1) is 0 Å². The van der Waals surface area contributed by atoms with E-state index in [1.807, 2.05) is 6.92 Å². The van der Waals surface area contributed by atoms with Crippen molar-refractivity contribution in [1.82, 2.24) is 9.78 Å². The number of anilines is 1. The molecule has 1 aromatic heterocycles. The Morgan fingerprint density at radius 2 is 2.14 bits per heavy atom. The minimum atomic E-state index is -0.419. The lowest BCUT2D eigenvalue weighted by molar-refractivity contribution is -0.384. The molecule has 0 unspecified atom stereocenters. The second-order valence-electron chi connectivity index (χ2n) is 4.47. The normalized spacial score (nSPS) is 10.7. The Morgan fingerprint density at radius 3 is 2.71 bits per heavy atom. The quantitative estimate of drug-likeness (QED) is 0.669. The molecule has 112 valence electrons. The topological polar surface area (TPSA) is 73.0 Å². The Kier molecular flexibility index (Phi) is 4.69. The molecule has 0 aliphatic heterocycles. The Labute approximate surface area is 131 Å². The van der Waals surface area contributed by atoms with E-state index in [9.17, 15) is 10.1 Å². The van der Waals surface area contributed by atoms with Crippen LogP contribution in [0.4, 0.5) is 11.5 Å². The molecule has 2 aromatic rings. The van der Waals surface area contributed by atoms with Gasteiger partial charge in [-0.25, -0.2) is 4.68 Å². The van der Waals surface area contributed by atoms with Crippen molar-refractivity contribution in [2.75, 3.05) is 5.32 Å². The third kappa shape index (κ3) is 3.28. The maximum atomic E-state index is 11.2. The average molecular weight is 329 g/mol. The minimum Gasteiger partial charge on any atom is -0.360 e. The summed E-state index contributed by atoms with van der Waals surface area (Å²) < 4.78 is 1.47. The highest BCUT2D eigenvalue weighted by Crippen LogP contribution is 2.29. The number of nitro groups is 1. The molecule has 0 aliphatic carbocycles. The van der Waals surface area contributed by atoms with Crippen molar-refractivity contribution >= 4 is 34.7 Å². The van der Waals surface area contributed by atoms with Crippen LogP contribution in [0.1, 0.15) is 18.2 Å². The van der Waals surface area contributed by atoms with Gasteiger partial charge in [0, 0.05) is 23.6 Å². The van der Waals surface area contributed by atoms with Crippen molar-refractivity contribution in [3.63, 3.8) is 0 Å². The van der Waals surface area contributed by atoms with Gasteiger partial charge in [0.1, 0.15) is 5.69 Å². The fraction of sp³-hybridized carbons (Fsp3) is 0.308. The first-order valence-electron chi connectivity index (χ1n) is 6.32. The number of nitrogens with one attached hydrogen (secondary N) is 1. The van der Waals surface area contributed by atoms with Crippen LogP contribution in [-0.4, -0.2) is 14.7 Å². The van der Waals surface area contributed by atoms with E-state index < -0.39 is 4.92 Å². The van der Waals surface area contributed by atoms with E-state index in [0.29, 0.717) is 34.5 Å². The monoisotopic (exact) mass is 328 g/mol. The van der Waals surface area contributed by atoms with Crippen LogP contribution in [0.3, 0.4) is 0 Å². The third-order valence-electron chi connectivity index (χ3n) is 3.07. The summed E-state index contributed by atoms with van der Waals surface area (Å²) in [5, 5.41) is 19.4. The van der Waals surface area contributed by atoms with Crippen molar-refractivity contribution in [2.45, 2.75) is 19.9 Å². The fourth-order valence-electron chi connectivity index (χ4n) is 2.04. The average Bonchev–Trinajstić information content (AvgIpc) is 2.74. The van der Waals surface area contributed by atoms with E-state index in [4.69, 9.17) is 23.2 Å². The van der Waals surface area contributed by atoms with Gasteiger partial charge in [0.2, 0.25) is 5.82 Å². The molecule has 0 amide bonds. The number of hydrogen-bond donors (Lipinski definition) is 1. The van der Waals surface area contributed by atoms with Gasteiger partial charge in [0.25, 0.3) is 0 Å². The van der Waals surface area contributed by atoms with Crippen LogP contribution in [-0.2, 0) is 20.0 Å². The molecular weight excluding hydrogens is 315 g/mol. The number of halogens is 2. The van der Waals surface area contributed by atoms with Gasteiger partial charge in [-0.1, -0.05) is 36.2 Å². The largest absolute Gasteiger partial charge is 0.360 e. The molecule has 0 radical (unpaired) electrons. The molecule has 1 N–H and O–H groups in total. The lowest BCUT2D eigenvalue weighted by Crippen LogP contribution is -2.06. The summed E-state index contributed by atoms with van der Waals surface area (Å²) in [7, 11) is 1.66. The number of benzene rings is 1. The molecule has 0 bridgehead atoms. The van der Waals surface area contributed by atoms with Crippen molar-refractivity contribution in [1.29, 1.82) is 0 Å². The van der Waals surface area contributed by atoms with Crippen LogP contribution in [0.2, 0.25) is 10.0 Å². The SMILES string of the molecule is CCc1nn(C)c(NCc2ccc(Cl)cc2Cl)c1[N+](=O)[O-]. The Bertz CT molecular complexity index is 685. The van der Waals surface area contributed by atoms with Crippen LogP contribution in [0.25, 0.3) is 0 Å². The molecule has 0 fully saturated rings.